The first-order chi connectivity index (χ1) is 11.1. The number of rotatable bonds is 8. The van der Waals surface area contributed by atoms with Crippen LogP contribution in [-0.4, -0.2) is 33.4 Å². The minimum atomic E-state index is -0.132. The molecular weight excluding hydrogens is 404 g/mol. The van der Waals surface area contributed by atoms with Crippen molar-refractivity contribution >= 4 is 51.1 Å². The fourth-order valence-electron chi connectivity index (χ4n) is 1.70. The van der Waals surface area contributed by atoms with E-state index in [1.807, 2.05) is 6.92 Å². The highest BCUT2D eigenvalue weighted by Gasteiger charge is 2.08. The number of anilines is 1. The Morgan fingerprint density at radius 3 is 3.09 bits per heavy atom. The topological polar surface area (TPSA) is 79.9 Å². The van der Waals surface area contributed by atoms with Crippen LogP contribution in [0.1, 0.15) is 19.8 Å². The number of hydrogen-bond donors (Lipinski definition) is 2. The number of carbonyl (C=O) groups excluding carboxylic acids is 1. The summed E-state index contributed by atoms with van der Waals surface area (Å²) in [6.07, 6.45) is 0.924. The summed E-state index contributed by atoms with van der Waals surface area (Å²) in [5.41, 5.74) is 0. The zero-order valence-electron chi connectivity index (χ0n) is 12.4. The van der Waals surface area contributed by atoms with E-state index in [9.17, 15) is 4.79 Å². The summed E-state index contributed by atoms with van der Waals surface area (Å²) in [6, 6.07) is 5.30. The molecule has 0 fully saturated rings. The smallest absolute Gasteiger partial charge is 0.226 e. The Labute approximate surface area is 151 Å². The average Bonchev–Trinajstić information content (AvgIpc) is 2.93. The van der Waals surface area contributed by atoms with Gasteiger partial charge in [-0.25, -0.2) is 5.10 Å². The third-order valence-corrected chi connectivity index (χ3v) is 4.28. The highest BCUT2D eigenvalue weighted by Crippen LogP contribution is 2.28. The lowest BCUT2D eigenvalue weighted by Crippen LogP contribution is -2.13. The standard InChI is InChI=1S/C14H16BrClN4O2S/c1-2-23-14-18-13(19-20-14)17-12(21)4-3-7-22-11-6-5-9(16)8-10(11)15/h5-6,8H,2-4,7H2,1H3,(H2,17,18,19,20,21). The molecular formula is C14H16BrClN4O2S. The number of halogens is 2. The predicted octanol–water partition coefficient (Wildman–Crippen LogP) is 4.13. The molecule has 0 saturated carbocycles. The van der Waals surface area contributed by atoms with E-state index in [0.29, 0.717) is 41.3 Å². The van der Waals surface area contributed by atoms with Gasteiger partial charge in [0, 0.05) is 11.4 Å². The van der Waals surface area contributed by atoms with Gasteiger partial charge in [-0.05, 0) is 46.3 Å². The Hall–Kier alpha value is -1.25. The zero-order chi connectivity index (χ0) is 16.7. The van der Waals surface area contributed by atoms with Crippen LogP contribution in [0.4, 0.5) is 5.95 Å². The maximum Gasteiger partial charge on any atom is 0.226 e. The van der Waals surface area contributed by atoms with Gasteiger partial charge in [-0.15, -0.1) is 5.10 Å². The highest BCUT2D eigenvalue weighted by atomic mass is 79.9. The molecule has 124 valence electrons. The molecule has 23 heavy (non-hydrogen) atoms. The van der Waals surface area contributed by atoms with Crippen molar-refractivity contribution < 1.29 is 9.53 Å². The number of ether oxygens (including phenoxy) is 1. The van der Waals surface area contributed by atoms with Crippen LogP contribution in [0.25, 0.3) is 0 Å². The third kappa shape index (κ3) is 6.04. The fourth-order valence-corrected chi connectivity index (χ4v) is 3.02. The molecule has 0 unspecified atom stereocenters. The molecule has 0 aliphatic rings. The fraction of sp³-hybridized carbons (Fsp3) is 0.357. The summed E-state index contributed by atoms with van der Waals surface area (Å²) < 4.78 is 6.39. The molecule has 2 rings (SSSR count). The van der Waals surface area contributed by atoms with Crippen molar-refractivity contribution in [2.45, 2.75) is 24.9 Å². The van der Waals surface area contributed by atoms with Crippen LogP contribution in [0.3, 0.4) is 0 Å². The molecule has 0 bridgehead atoms. The van der Waals surface area contributed by atoms with Gasteiger partial charge < -0.3 is 4.74 Å². The molecule has 0 spiro atoms. The largest absolute Gasteiger partial charge is 0.492 e. The van der Waals surface area contributed by atoms with Crippen LogP contribution in [0.2, 0.25) is 5.02 Å². The number of thioether (sulfide) groups is 1. The molecule has 0 radical (unpaired) electrons. The summed E-state index contributed by atoms with van der Waals surface area (Å²) in [4.78, 5) is 16.0. The molecule has 0 atom stereocenters. The molecule has 1 heterocycles. The maximum absolute atomic E-state index is 11.8. The van der Waals surface area contributed by atoms with Crippen molar-refractivity contribution in [2.24, 2.45) is 0 Å². The van der Waals surface area contributed by atoms with Crippen LogP contribution in [0.15, 0.2) is 27.8 Å². The highest BCUT2D eigenvalue weighted by molar-refractivity contribution is 9.10. The number of hydrogen-bond acceptors (Lipinski definition) is 5. The molecule has 9 heteroatoms. The van der Waals surface area contributed by atoms with Gasteiger partial charge in [0.2, 0.25) is 17.0 Å². The first kappa shape index (κ1) is 18.1. The lowest BCUT2D eigenvalue weighted by Gasteiger charge is -2.08. The van der Waals surface area contributed by atoms with Gasteiger partial charge in [-0.3, -0.25) is 10.1 Å². The second-order valence-electron chi connectivity index (χ2n) is 4.47. The second-order valence-corrected chi connectivity index (χ2v) is 7.00. The average molecular weight is 420 g/mol. The first-order valence-corrected chi connectivity index (χ1v) is 9.17. The van der Waals surface area contributed by atoms with E-state index in [4.69, 9.17) is 16.3 Å². The Morgan fingerprint density at radius 1 is 1.52 bits per heavy atom. The van der Waals surface area contributed by atoms with Crippen LogP contribution in [-0.2, 0) is 4.79 Å². The summed E-state index contributed by atoms with van der Waals surface area (Å²) in [5, 5.41) is 10.6. The van der Waals surface area contributed by atoms with E-state index in [1.165, 1.54) is 11.8 Å². The van der Waals surface area contributed by atoms with Gasteiger partial charge in [0.15, 0.2) is 0 Å². The van der Waals surface area contributed by atoms with Crippen LogP contribution in [0.5, 0.6) is 5.75 Å². The molecule has 0 aliphatic carbocycles. The SMILES string of the molecule is CCSc1n[nH]c(NC(=O)CCCOc2ccc(Cl)cc2Br)n1. The van der Waals surface area contributed by atoms with E-state index in [0.717, 1.165) is 10.2 Å². The van der Waals surface area contributed by atoms with Gasteiger partial charge in [0.05, 0.1) is 11.1 Å². The van der Waals surface area contributed by atoms with E-state index in [2.05, 4.69) is 36.4 Å². The minimum absolute atomic E-state index is 0.132. The number of aromatic amines is 1. The third-order valence-electron chi connectivity index (χ3n) is 2.70. The quantitative estimate of drug-likeness (QED) is 0.497. The van der Waals surface area contributed by atoms with Crippen molar-refractivity contribution in [1.29, 1.82) is 0 Å². The van der Waals surface area contributed by atoms with Crippen LogP contribution in [0, 0.1) is 0 Å². The van der Waals surface area contributed by atoms with E-state index >= 15 is 0 Å². The van der Waals surface area contributed by atoms with E-state index in [1.54, 1.807) is 18.2 Å². The summed E-state index contributed by atoms with van der Waals surface area (Å²) in [5.74, 6) is 1.81. The molecule has 1 amide bonds. The van der Waals surface area contributed by atoms with E-state index < -0.39 is 0 Å². The molecule has 1 aromatic carbocycles. The maximum atomic E-state index is 11.8. The molecule has 1 aromatic heterocycles. The lowest BCUT2D eigenvalue weighted by atomic mass is 10.3. The van der Waals surface area contributed by atoms with Crippen molar-refractivity contribution in [3.8, 4) is 5.75 Å². The summed E-state index contributed by atoms with van der Waals surface area (Å²) in [7, 11) is 0. The molecule has 2 aromatic rings. The van der Waals surface area contributed by atoms with Gasteiger partial charge in [0.25, 0.3) is 0 Å². The normalized spacial score (nSPS) is 10.6. The molecule has 2 N–H and O–H groups in total. The predicted molar refractivity (Wildman–Crippen MR) is 95.3 cm³/mol. The monoisotopic (exact) mass is 418 g/mol. The molecule has 0 aliphatic heterocycles. The van der Waals surface area contributed by atoms with Crippen molar-refractivity contribution in [3.05, 3.63) is 27.7 Å². The van der Waals surface area contributed by atoms with Gasteiger partial charge in [-0.2, -0.15) is 4.98 Å². The zero-order valence-corrected chi connectivity index (χ0v) is 15.6. The second kappa shape index (κ2) is 9.14. The number of nitrogens with zero attached hydrogens (tertiary/aromatic N) is 2. The van der Waals surface area contributed by atoms with Gasteiger partial charge >= 0.3 is 0 Å². The summed E-state index contributed by atoms with van der Waals surface area (Å²) >= 11 is 10.7. The van der Waals surface area contributed by atoms with Crippen molar-refractivity contribution in [1.82, 2.24) is 15.2 Å². The molecule has 0 saturated heterocycles. The number of H-pyrrole nitrogens is 1. The first-order valence-electron chi connectivity index (χ1n) is 7.01. The Bertz CT molecular complexity index is 668. The number of carbonyl (C=O) groups is 1. The number of amides is 1. The number of aromatic nitrogens is 3. The van der Waals surface area contributed by atoms with Gasteiger partial charge in [-0.1, -0.05) is 30.3 Å². The van der Waals surface area contributed by atoms with Crippen LogP contribution < -0.4 is 10.1 Å². The lowest BCUT2D eigenvalue weighted by molar-refractivity contribution is -0.116. The van der Waals surface area contributed by atoms with E-state index in [-0.39, 0.29) is 5.91 Å². The van der Waals surface area contributed by atoms with Crippen molar-refractivity contribution in [2.75, 3.05) is 17.7 Å². The Kier molecular flexibility index (Phi) is 7.19. The summed E-state index contributed by atoms with van der Waals surface area (Å²) in [6.45, 7) is 2.44. The minimum Gasteiger partial charge on any atom is -0.492 e. The Morgan fingerprint density at radius 2 is 2.35 bits per heavy atom. The number of benzene rings is 1. The number of nitrogens with one attached hydrogen (secondary N) is 2. The van der Waals surface area contributed by atoms with Crippen LogP contribution >= 0.6 is 39.3 Å². The molecule has 6 nitrogen and oxygen atoms in total. The van der Waals surface area contributed by atoms with Gasteiger partial charge in [0.1, 0.15) is 5.75 Å². The van der Waals surface area contributed by atoms with Crippen molar-refractivity contribution in [3.63, 3.8) is 0 Å². The Balaban J connectivity index is 1.70.